The normalized spacial score (nSPS) is 15.7. The number of ether oxygens (including phenoxy) is 1. The van der Waals surface area contributed by atoms with Crippen molar-refractivity contribution in [3.8, 4) is 0 Å². The van der Waals surface area contributed by atoms with Crippen molar-refractivity contribution in [1.82, 2.24) is 4.72 Å². The van der Waals surface area contributed by atoms with Crippen LogP contribution in [-0.4, -0.2) is 27.0 Å². The molecule has 2 aromatic carbocycles. The number of sulfonamides is 1. The minimum atomic E-state index is -3.62. The van der Waals surface area contributed by atoms with E-state index in [1.165, 1.54) is 12.7 Å². The highest BCUT2D eigenvalue weighted by molar-refractivity contribution is 7.89. The molecule has 1 N–H and O–H groups in total. The van der Waals surface area contributed by atoms with Gasteiger partial charge in [0.05, 0.1) is 12.0 Å². The summed E-state index contributed by atoms with van der Waals surface area (Å²) in [6.45, 7) is 0. The first kappa shape index (κ1) is 23.8. The summed E-state index contributed by atoms with van der Waals surface area (Å²) < 4.78 is 33.6. The van der Waals surface area contributed by atoms with Gasteiger partial charge in [-0.05, 0) is 73.9 Å². The molecule has 2 aromatic rings. The number of aryl methyl sites for hydroxylation is 1. The maximum Gasteiger partial charge on any atom is 0.305 e. The van der Waals surface area contributed by atoms with Gasteiger partial charge in [0.15, 0.2) is 0 Å². The highest BCUT2D eigenvalue weighted by Crippen LogP contribution is 2.34. The summed E-state index contributed by atoms with van der Waals surface area (Å²) in [5, 5.41) is 0.514. The lowest BCUT2D eigenvalue weighted by Crippen LogP contribution is -2.47. The zero-order valence-corrected chi connectivity index (χ0v) is 19.5. The van der Waals surface area contributed by atoms with E-state index in [4.69, 9.17) is 11.6 Å². The summed E-state index contributed by atoms with van der Waals surface area (Å²) in [4.78, 5) is 11.4. The number of hydrogen-bond donors (Lipinski definition) is 1. The van der Waals surface area contributed by atoms with Gasteiger partial charge in [-0.15, -0.1) is 0 Å². The van der Waals surface area contributed by atoms with Crippen molar-refractivity contribution < 1.29 is 17.9 Å². The molecule has 0 unspecified atom stereocenters. The second-order valence-corrected chi connectivity index (χ2v) is 10.4. The van der Waals surface area contributed by atoms with Crippen LogP contribution in [0.2, 0.25) is 5.02 Å². The summed E-state index contributed by atoms with van der Waals surface area (Å²) in [5.74, 6) is -0.168. The number of unbranched alkanes of at least 4 members (excludes halogenated alkanes) is 1. The molecule has 0 radical (unpaired) electrons. The quantitative estimate of drug-likeness (QED) is 0.395. The average Bonchev–Trinajstić information content (AvgIpc) is 3.19. The minimum Gasteiger partial charge on any atom is -0.469 e. The summed E-state index contributed by atoms with van der Waals surface area (Å²) in [6.07, 6.45) is 7.45. The Balaban J connectivity index is 1.63. The fraction of sp³-hybridized carbons (Fsp3) is 0.458. The Kier molecular flexibility index (Phi) is 8.14. The van der Waals surface area contributed by atoms with Crippen molar-refractivity contribution in [2.75, 3.05) is 7.11 Å². The SMILES string of the molecule is COC(=O)CCCCc1ccc(CC2(NS(=O)(=O)c3ccc(Cl)cc3)CCCC2)cc1. The highest BCUT2D eigenvalue weighted by Gasteiger charge is 2.38. The van der Waals surface area contributed by atoms with Crippen LogP contribution in [0.4, 0.5) is 0 Å². The Labute approximate surface area is 190 Å². The van der Waals surface area contributed by atoms with E-state index in [-0.39, 0.29) is 10.9 Å². The predicted molar refractivity (Wildman–Crippen MR) is 123 cm³/mol. The molecule has 1 saturated carbocycles. The lowest BCUT2D eigenvalue weighted by Gasteiger charge is -2.30. The van der Waals surface area contributed by atoms with Crippen LogP contribution < -0.4 is 4.72 Å². The number of benzene rings is 2. The Morgan fingerprint density at radius 3 is 2.23 bits per heavy atom. The molecule has 0 heterocycles. The molecule has 31 heavy (non-hydrogen) atoms. The van der Waals surface area contributed by atoms with Crippen molar-refractivity contribution in [3.05, 3.63) is 64.7 Å². The first-order valence-electron chi connectivity index (χ1n) is 10.8. The molecule has 1 fully saturated rings. The van der Waals surface area contributed by atoms with E-state index in [1.807, 2.05) is 0 Å². The van der Waals surface area contributed by atoms with Gasteiger partial charge >= 0.3 is 5.97 Å². The van der Waals surface area contributed by atoms with E-state index in [9.17, 15) is 13.2 Å². The first-order chi connectivity index (χ1) is 14.8. The molecule has 0 saturated heterocycles. The number of carbonyl (C=O) groups excluding carboxylic acids is 1. The molecular formula is C24H30ClNO4S. The Morgan fingerprint density at radius 1 is 1.00 bits per heavy atom. The fourth-order valence-electron chi connectivity index (χ4n) is 4.24. The monoisotopic (exact) mass is 463 g/mol. The van der Waals surface area contributed by atoms with Crippen molar-refractivity contribution >= 4 is 27.6 Å². The third kappa shape index (κ3) is 6.79. The minimum absolute atomic E-state index is 0.168. The molecule has 1 aliphatic carbocycles. The lowest BCUT2D eigenvalue weighted by molar-refractivity contribution is -0.140. The van der Waals surface area contributed by atoms with Gasteiger partial charge in [0, 0.05) is 17.0 Å². The number of hydrogen-bond acceptors (Lipinski definition) is 4. The smallest absolute Gasteiger partial charge is 0.305 e. The van der Waals surface area contributed by atoms with E-state index < -0.39 is 15.6 Å². The molecule has 7 heteroatoms. The van der Waals surface area contributed by atoms with E-state index in [1.54, 1.807) is 24.3 Å². The Bertz CT molecular complexity index is 966. The molecule has 0 aliphatic heterocycles. The lowest BCUT2D eigenvalue weighted by atomic mass is 9.90. The van der Waals surface area contributed by atoms with Gasteiger partial charge < -0.3 is 4.74 Å². The van der Waals surface area contributed by atoms with Crippen LogP contribution in [0, 0.1) is 0 Å². The van der Waals surface area contributed by atoms with E-state index in [0.29, 0.717) is 17.9 Å². The summed E-state index contributed by atoms with van der Waals surface area (Å²) >= 11 is 5.90. The van der Waals surface area contributed by atoms with Crippen LogP contribution in [0.15, 0.2) is 53.4 Å². The van der Waals surface area contributed by atoms with Gasteiger partial charge in [0.2, 0.25) is 10.0 Å². The molecule has 3 rings (SSSR count). The highest BCUT2D eigenvalue weighted by atomic mass is 35.5. The van der Waals surface area contributed by atoms with E-state index in [0.717, 1.165) is 50.5 Å². The summed E-state index contributed by atoms with van der Waals surface area (Å²) in [6, 6.07) is 14.7. The fourth-order valence-corrected chi connectivity index (χ4v) is 5.82. The third-order valence-electron chi connectivity index (χ3n) is 5.92. The van der Waals surface area contributed by atoms with Crippen LogP contribution in [0.1, 0.15) is 56.1 Å². The second kappa shape index (κ2) is 10.6. The third-order valence-corrected chi connectivity index (χ3v) is 7.77. The summed E-state index contributed by atoms with van der Waals surface area (Å²) in [5.41, 5.74) is 1.88. The largest absolute Gasteiger partial charge is 0.469 e. The van der Waals surface area contributed by atoms with E-state index >= 15 is 0 Å². The zero-order valence-electron chi connectivity index (χ0n) is 17.9. The molecule has 0 amide bonds. The zero-order chi connectivity index (χ0) is 22.3. The molecule has 5 nitrogen and oxygen atoms in total. The number of methoxy groups -OCH3 is 1. The van der Waals surface area contributed by atoms with Gasteiger partial charge in [-0.3, -0.25) is 4.79 Å². The van der Waals surface area contributed by atoms with Crippen molar-refractivity contribution in [1.29, 1.82) is 0 Å². The van der Waals surface area contributed by atoms with Gasteiger partial charge in [0.1, 0.15) is 0 Å². The number of carbonyl (C=O) groups is 1. The predicted octanol–water partition coefficient (Wildman–Crippen LogP) is 5.06. The van der Waals surface area contributed by atoms with Gasteiger partial charge in [-0.2, -0.15) is 0 Å². The van der Waals surface area contributed by atoms with Gasteiger partial charge in [-0.25, -0.2) is 13.1 Å². The van der Waals surface area contributed by atoms with Crippen molar-refractivity contribution in [3.63, 3.8) is 0 Å². The number of halogens is 1. The number of rotatable bonds is 10. The molecule has 1 aliphatic rings. The van der Waals surface area contributed by atoms with Gasteiger partial charge in [-0.1, -0.05) is 48.7 Å². The first-order valence-corrected chi connectivity index (χ1v) is 12.6. The molecule has 0 bridgehead atoms. The number of esters is 1. The standard InChI is InChI=1S/C24H30ClNO4S/c1-30-23(27)7-3-2-6-19-8-10-20(11-9-19)18-24(16-4-5-17-24)26-31(28,29)22-14-12-21(25)13-15-22/h8-15,26H,2-7,16-18H2,1H3. The van der Waals surface area contributed by atoms with Crippen molar-refractivity contribution in [2.45, 2.75) is 68.2 Å². The number of nitrogens with one attached hydrogen (secondary N) is 1. The maximum atomic E-state index is 13.0. The maximum absolute atomic E-state index is 13.0. The summed E-state index contributed by atoms with van der Waals surface area (Å²) in [7, 11) is -2.21. The molecule has 0 aromatic heterocycles. The van der Waals surface area contributed by atoms with Crippen LogP contribution in [0.5, 0.6) is 0 Å². The molecule has 0 atom stereocenters. The Hall–Kier alpha value is -1.89. The van der Waals surface area contributed by atoms with E-state index in [2.05, 4.69) is 33.7 Å². The molecular weight excluding hydrogens is 434 g/mol. The van der Waals surface area contributed by atoms with Gasteiger partial charge in [0.25, 0.3) is 0 Å². The van der Waals surface area contributed by atoms with Crippen LogP contribution in [-0.2, 0) is 32.4 Å². The molecule has 168 valence electrons. The van der Waals surface area contributed by atoms with Crippen LogP contribution in [0.25, 0.3) is 0 Å². The van der Waals surface area contributed by atoms with Crippen LogP contribution in [0.3, 0.4) is 0 Å². The van der Waals surface area contributed by atoms with Crippen molar-refractivity contribution in [2.24, 2.45) is 0 Å². The average molecular weight is 464 g/mol. The topological polar surface area (TPSA) is 72.5 Å². The van der Waals surface area contributed by atoms with Crippen LogP contribution >= 0.6 is 11.6 Å². The second-order valence-electron chi connectivity index (χ2n) is 8.32. The Morgan fingerprint density at radius 2 is 1.61 bits per heavy atom. The molecule has 0 spiro atoms.